The maximum absolute atomic E-state index is 12.5. The Bertz CT molecular complexity index is 1300. The summed E-state index contributed by atoms with van der Waals surface area (Å²) in [5, 5.41) is 15.4. The van der Waals surface area contributed by atoms with E-state index in [1.54, 1.807) is 13.0 Å². The number of fused-ring (bicyclic) bond motifs is 2. The first kappa shape index (κ1) is 17.9. The van der Waals surface area contributed by atoms with Crippen molar-refractivity contribution in [2.45, 2.75) is 11.8 Å². The van der Waals surface area contributed by atoms with Crippen LogP contribution in [-0.4, -0.2) is 55.4 Å². The normalized spacial score (nSPS) is 12.9. The summed E-state index contributed by atoms with van der Waals surface area (Å²) in [6, 6.07) is 2.99. The Labute approximate surface area is 162 Å². The molecule has 0 bridgehead atoms. The molecule has 11 nitrogen and oxygen atoms in total. The number of hydrogen-bond acceptors (Lipinski definition) is 9. The smallest absolute Gasteiger partial charge is 0.245 e. The van der Waals surface area contributed by atoms with Crippen LogP contribution in [0.1, 0.15) is 5.69 Å². The lowest BCUT2D eigenvalue weighted by Gasteiger charge is -2.11. The molecule has 3 aromatic heterocycles. The summed E-state index contributed by atoms with van der Waals surface area (Å²) < 4.78 is 35.7. The molecule has 1 N–H and O–H groups in total. The highest BCUT2D eigenvalue weighted by Crippen LogP contribution is 2.33. The first-order valence-electron chi connectivity index (χ1n) is 7.49. The maximum atomic E-state index is 12.5. The summed E-state index contributed by atoms with van der Waals surface area (Å²) in [6.07, 6.45) is 0. The van der Waals surface area contributed by atoms with Crippen LogP contribution in [-0.2, 0) is 10.0 Å². The van der Waals surface area contributed by atoms with Crippen molar-refractivity contribution < 1.29 is 8.42 Å². The molecule has 0 aliphatic heterocycles. The van der Waals surface area contributed by atoms with Crippen LogP contribution in [0.15, 0.2) is 27.3 Å². The summed E-state index contributed by atoms with van der Waals surface area (Å²) in [6.45, 7) is 1.80. The van der Waals surface area contributed by atoms with Crippen molar-refractivity contribution in [3.8, 4) is 0 Å². The summed E-state index contributed by atoms with van der Waals surface area (Å²) >= 11 is 6.71. The number of nitrogens with one attached hydrogen (secondary N) is 1. The number of azo groups is 1. The molecule has 0 aliphatic rings. The number of benzene rings is 1. The number of aromatic amines is 1. The van der Waals surface area contributed by atoms with Gasteiger partial charge in [-0.25, -0.2) is 12.7 Å². The van der Waals surface area contributed by atoms with Gasteiger partial charge in [0.1, 0.15) is 21.6 Å². The lowest BCUT2D eigenvalue weighted by molar-refractivity contribution is 0.521. The fourth-order valence-electron chi connectivity index (χ4n) is 2.44. The van der Waals surface area contributed by atoms with E-state index >= 15 is 0 Å². The van der Waals surface area contributed by atoms with E-state index in [9.17, 15) is 8.42 Å². The third kappa shape index (κ3) is 2.88. The third-order valence-corrected chi connectivity index (χ3v) is 6.33. The third-order valence-electron chi connectivity index (χ3n) is 3.80. The van der Waals surface area contributed by atoms with Gasteiger partial charge in [-0.1, -0.05) is 0 Å². The summed E-state index contributed by atoms with van der Waals surface area (Å²) in [4.78, 5) is 4.16. The van der Waals surface area contributed by atoms with Gasteiger partial charge in [0.25, 0.3) is 0 Å². The lowest BCUT2D eigenvalue weighted by atomic mass is 10.3. The Kier molecular flexibility index (Phi) is 4.18. The van der Waals surface area contributed by atoms with Crippen molar-refractivity contribution in [2.75, 3.05) is 14.1 Å². The standard InChI is InChI=1S/C13H12ClN9O2S2/c1-6-9(12-15-13(14)19-23(12)18-6)17-16-7-4-5-8(27(24,25)22(2)3)11-10(7)20-26-21-11/h4-5,18H,1-3H3. The van der Waals surface area contributed by atoms with Gasteiger partial charge < -0.3 is 0 Å². The van der Waals surface area contributed by atoms with E-state index in [1.165, 1.54) is 24.8 Å². The number of halogens is 1. The molecule has 4 aromatic rings. The van der Waals surface area contributed by atoms with Crippen molar-refractivity contribution >= 4 is 61.4 Å². The predicted octanol–water partition coefficient (Wildman–Crippen LogP) is 2.69. The van der Waals surface area contributed by atoms with E-state index in [1.807, 2.05) is 0 Å². The van der Waals surface area contributed by atoms with Crippen molar-refractivity contribution in [3.05, 3.63) is 23.1 Å². The molecular weight excluding hydrogens is 414 g/mol. The molecule has 14 heteroatoms. The summed E-state index contributed by atoms with van der Waals surface area (Å²) in [5.41, 5.74) is 2.60. The molecule has 140 valence electrons. The fourth-order valence-corrected chi connectivity index (χ4v) is 4.24. The number of hydrogen-bond donors (Lipinski definition) is 1. The Morgan fingerprint density at radius 2 is 1.96 bits per heavy atom. The molecule has 4 rings (SSSR count). The molecule has 0 fully saturated rings. The minimum atomic E-state index is -3.66. The molecular formula is C13H12ClN9O2S2. The van der Waals surface area contributed by atoms with Crippen LogP contribution >= 0.6 is 23.3 Å². The van der Waals surface area contributed by atoms with E-state index in [2.05, 4.69) is 34.2 Å². The second kappa shape index (κ2) is 6.30. The van der Waals surface area contributed by atoms with Crippen LogP contribution in [0.4, 0.5) is 11.4 Å². The quantitative estimate of drug-likeness (QED) is 0.499. The fraction of sp³-hybridized carbons (Fsp3) is 0.231. The Morgan fingerprint density at radius 3 is 2.70 bits per heavy atom. The Balaban J connectivity index is 1.82. The molecule has 0 saturated heterocycles. The molecule has 0 atom stereocenters. The monoisotopic (exact) mass is 425 g/mol. The van der Waals surface area contributed by atoms with Gasteiger partial charge in [-0.2, -0.15) is 18.4 Å². The topological polar surface area (TPSA) is 134 Å². The second-order valence-electron chi connectivity index (χ2n) is 5.73. The van der Waals surface area contributed by atoms with Gasteiger partial charge in [-0.15, -0.1) is 15.3 Å². The zero-order chi connectivity index (χ0) is 19.3. The van der Waals surface area contributed by atoms with E-state index in [-0.39, 0.29) is 15.7 Å². The van der Waals surface area contributed by atoms with E-state index in [4.69, 9.17) is 11.6 Å². The highest BCUT2D eigenvalue weighted by Gasteiger charge is 2.23. The molecule has 0 amide bonds. The average Bonchev–Trinajstić information content (AvgIpc) is 3.27. The first-order valence-corrected chi connectivity index (χ1v) is 10.0. The van der Waals surface area contributed by atoms with Crippen molar-refractivity contribution in [1.29, 1.82) is 0 Å². The van der Waals surface area contributed by atoms with E-state index in [0.29, 0.717) is 28.2 Å². The van der Waals surface area contributed by atoms with Crippen molar-refractivity contribution in [1.82, 2.24) is 32.9 Å². The SMILES string of the molecule is Cc1[nH]n2nc(Cl)nc2c1N=Nc1ccc(S(=O)(=O)N(C)C)c2nsnc12. The van der Waals surface area contributed by atoms with Crippen LogP contribution in [0.3, 0.4) is 0 Å². The number of rotatable bonds is 4. The minimum Gasteiger partial charge on any atom is -0.278 e. The molecule has 0 unspecified atom stereocenters. The Morgan fingerprint density at radius 1 is 1.22 bits per heavy atom. The van der Waals surface area contributed by atoms with Gasteiger partial charge >= 0.3 is 0 Å². The summed E-state index contributed by atoms with van der Waals surface area (Å²) in [5.74, 6) is 0. The predicted molar refractivity (Wildman–Crippen MR) is 99.5 cm³/mol. The molecule has 27 heavy (non-hydrogen) atoms. The zero-order valence-electron chi connectivity index (χ0n) is 14.2. The number of sulfonamides is 1. The van der Waals surface area contributed by atoms with Crippen LogP contribution in [0.2, 0.25) is 5.28 Å². The average molecular weight is 426 g/mol. The summed E-state index contributed by atoms with van der Waals surface area (Å²) in [7, 11) is -0.744. The number of aromatic nitrogens is 6. The minimum absolute atomic E-state index is 0.0691. The molecule has 0 radical (unpaired) electrons. The lowest BCUT2D eigenvalue weighted by Crippen LogP contribution is -2.22. The zero-order valence-corrected chi connectivity index (χ0v) is 16.6. The van der Waals surface area contributed by atoms with Crippen molar-refractivity contribution in [2.24, 2.45) is 10.2 Å². The van der Waals surface area contributed by atoms with Gasteiger partial charge in [0.15, 0.2) is 5.69 Å². The first-order chi connectivity index (χ1) is 12.8. The molecule has 0 aliphatic carbocycles. The van der Waals surface area contributed by atoms with Crippen LogP contribution in [0, 0.1) is 6.92 Å². The van der Waals surface area contributed by atoms with Crippen LogP contribution in [0.25, 0.3) is 16.7 Å². The maximum Gasteiger partial charge on any atom is 0.245 e. The second-order valence-corrected chi connectivity index (χ2v) is 8.72. The van der Waals surface area contributed by atoms with Gasteiger partial charge in [-0.3, -0.25) is 5.10 Å². The molecule has 0 spiro atoms. The molecule has 3 heterocycles. The molecule has 1 aromatic carbocycles. The van der Waals surface area contributed by atoms with Gasteiger partial charge in [-0.05, 0) is 30.7 Å². The van der Waals surface area contributed by atoms with Gasteiger partial charge in [0.05, 0.1) is 17.4 Å². The highest BCUT2D eigenvalue weighted by molar-refractivity contribution is 7.89. The van der Waals surface area contributed by atoms with Crippen LogP contribution < -0.4 is 0 Å². The molecule has 0 saturated carbocycles. The number of H-pyrrole nitrogens is 1. The van der Waals surface area contributed by atoms with Crippen LogP contribution in [0.5, 0.6) is 0 Å². The van der Waals surface area contributed by atoms with Gasteiger partial charge in [0, 0.05) is 14.1 Å². The largest absolute Gasteiger partial charge is 0.278 e. The van der Waals surface area contributed by atoms with E-state index in [0.717, 1.165) is 16.0 Å². The van der Waals surface area contributed by atoms with Crippen molar-refractivity contribution in [3.63, 3.8) is 0 Å². The highest BCUT2D eigenvalue weighted by atomic mass is 35.5. The Hall–Kier alpha value is -2.48. The van der Waals surface area contributed by atoms with Gasteiger partial charge in [0.2, 0.25) is 21.0 Å². The number of aryl methyl sites for hydroxylation is 1. The van der Waals surface area contributed by atoms with E-state index < -0.39 is 10.0 Å². The number of nitrogens with zero attached hydrogens (tertiary/aromatic N) is 8.